The van der Waals surface area contributed by atoms with Crippen LogP contribution in [0.3, 0.4) is 0 Å². The summed E-state index contributed by atoms with van der Waals surface area (Å²) in [4.78, 5) is 27.9. The maximum Gasteiger partial charge on any atom is 0.417 e. The van der Waals surface area contributed by atoms with E-state index in [2.05, 4.69) is 4.98 Å². The van der Waals surface area contributed by atoms with Crippen molar-refractivity contribution in [3.05, 3.63) is 50.2 Å². The quantitative estimate of drug-likeness (QED) is 0.846. The number of nitrogens with zero attached hydrogens (tertiary/aromatic N) is 1. The van der Waals surface area contributed by atoms with Gasteiger partial charge in [0.2, 0.25) is 10.0 Å². The minimum atomic E-state index is -4.70. The van der Waals surface area contributed by atoms with Crippen molar-refractivity contribution in [2.45, 2.75) is 19.5 Å². The van der Waals surface area contributed by atoms with E-state index in [-0.39, 0.29) is 21.1 Å². The first-order chi connectivity index (χ1) is 11.4. The van der Waals surface area contributed by atoms with Crippen molar-refractivity contribution in [1.82, 2.24) is 9.66 Å². The van der Waals surface area contributed by atoms with Crippen LogP contribution >= 0.6 is 0 Å². The Balaban J connectivity index is 2.87. The molecule has 25 heavy (non-hydrogen) atoms. The number of alkyl halides is 3. The van der Waals surface area contributed by atoms with Gasteiger partial charge in [-0.3, -0.25) is 4.79 Å². The maximum atomic E-state index is 13.2. The summed E-state index contributed by atoms with van der Waals surface area (Å²) in [5, 5.41) is -0.264. The highest BCUT2D eigenvalue weighted by molar-refractivity contribution is 7.91. The van der Waals surface area contributed by atoms with E-state index in [1.165, 1.54) is 12.2 Å². The minimum absolute atomic E-state index is 0.193. The number of hydrogen-bond acceptors (Lipinski definition) is 4. The molecule has 0 radical (unpaired) electrons. The molecule has 0 saturated heterocycles. The van der Waals surface area contributed by atoms with Gasteiger partial charge < -0.3 is 4.98 Å². The summed E-state index contributed by atoms with van der Waals surface area (Å²) in [6.07, 6.45) is -0.805. The normalized spacial score (nSPS) is 12.8. The zero-order valence-corrected chi connectivity index (χ0v) is 14.0. The van der Waals surface area contributed by atoms with E-state index in [0.29, 0.717) is 12.5 Å². The maximum absolute atomic E-state index is 13.2. The number of rotatable bonds is 4. The summed E-state index contributed by atoms with van der Waals surface area (Å²) in [6, 6.07) is 1.61. The number of halogens is 3. The van der Waals surface area contributed by atoms with Gasteiger partial charge in [0.1, 0.15) is 0 Å². The van der Waals surface area contributed by atoms with Crippen LogP contribution in [-0.4, -0.2) is 24.3 Å². The average Bonchev–Trinajstić information content (AvgIpc) is 2.47. The highest BCUT2D eigenvalue weighted by atomic mass is 32.2. The Kier molecular flexibility index (Phi) is 4.80. The minimum Gasteiger partial charge on any atom is -0.305 e. The zero-order valence-electron chi connectivity index (χ0n) is 13.1. The fourth-order valence-electron chi connectivity index (χ4n) is 2.16. The van der Waals surface area contributed by atoms with Crippen LogP contribution in [0, 0.1) is 0 Å². The molecule has 0 amide bonds. The Bertz CT molecular complexity index is 1070. The van der Waals surface area contributed by atoms with Crippen LogP contribution in [0.25, 0.3) is 17.0 Å². The number of benzene rings is 1. The van der Waals surface area contributed by atoms with Crippen molar-refractivity contribution in [3.63, 3.8) is 0 Å². The molecule has 1 heterocycles. The van der Waals surface area contributed by atoms with E-state index in [1.54, 1.807) is 11.8 Å². The number of H-pyrrole nitrogens is 1. The van der Waals surface area contributed by atoms with Gasteiger partial charge in [0.05, 0.1) is 22.7 Å². The molecule has 0 aliphatic rings. The van der Waals surface area contributed by atoms with E-state index in [9.17, 15) is 31.2 Å². The molecule has 0 spiro atoms. The summed E-state index contributed by atoms with van der Waals surface area (Å²) < 4.78 is 62.3. The Morgan fingerprint density at radius 2 is 1.92 bits per heavy atom. The molecule has 7 nitrogen and oxygen atoms in total. The third-order valence-electron chi connectivity index (χ3n) is 3.16. The molecular weight excluding hydrogens is 363 g/mol. The van der Waals surface area contributed by atoms with Gasteiger partial charge in [-0.25, -0.2) is 18.0 Å². The number of hydrogen-bond donors (Lipinski definition) is 2. The fraction of sp³-hybridized carbons (Fsp3) is 0.286. The second kappa shape index (κ2) is 6.39. The molecule has 136 valence electrons. The van der Waals surface area contributed by atoms with Gasteiger partial charge in [-0.2, -0.15) is 17.8 Å². The standard InChI is InChI=1S/C14H14F3N3O4S/c1-3-4-5-8-6-9-11(7-10(8)14(15,16)17)18-13(22)20(12(9)21)19-25(2,23)24/h4-7,19H,3H2,1-2H3,(H,18,22). The Morgan fingerprint density at radius 1 is 1.28 bits per heavy atom. The molecule has 0 unspecified atom stereocenters. The first-order valence-corrected chi connectivity index (χ1v) is 8.88. The van der Waals surface area contributed by atoms with Crippen LogP contribution < -0.4 is 16.1 Å². The van der Waals surface area contributed by atoms with Gasteiger partial charge in [0, 0.05) is 0 Å². The summed E-state index contributed by atoms with van der Waals surface area (Å²) in [7, 11) is -3.95. The molecule has 2 aromatic rings. The smallest absolute Gasteiger partial charge is 0.305 e. The van der Waals surface area contributed by atoms with E-state index < -0.39 is 33.0 Å². The Morgan fingerprint density at radius 3 is 2.44 bits per heavy atom. The van der Waals surface area contributed by atoms with E-state index in [0.717, 1.165) is 12.3 Å². The molecule has 0 aliphatic carbocycles. The predicted molar refractivity (Wildman–Crippen MR) is 87.4 cm³/mol. The largest absolute Gasteiger partial charge is 0.417 e. The summed E-state index contributed by atoms with van der Waals surface area (Å²) in [5.74, 6) is 0. The predicted octanol–water partition coefficient (Wildman–Crippen LogP) is 1.63. The van der Waals surface area contributed by atoms with E-state index in [1.807, 2.05) is 0 Å². The molecule has 2 N–H and O–H groups in total. The van der Waals surface area contributed by atoms with Crippen molar-refractivity contribution in [2.75, 3.05) is 11.1 Å². The van der Waals surface area contributed by atoms with Crippen LogP contribution in [0.4, 0.5) is 13.2 Å². The highest BCUT2D eigenvalue weighted by Crippen LogP contribution is 2.34. The van der Waals surface area contributed by atoms with Crippen molar-refractivity contribution in [3.8, 4) is 0 Å². The lowest BCUT2D eigenvalue weighted by Gasteiger charge is -2.13. The molecule has 1 aromatic heterocycles. The molecular formula is C14H14F3N3O4S. The monoisotopic (exact) mass is 377 g/mol. The lowest BCUT2D eigenvalue weighted by atomic mass is 10.0. The van der Waals surface area contributed by atoms with Crippen LogP contribution in [0.5, 0.6) is 0 Å². The number of aromatic amines is 1. The SMILES string of the molecule is CCC=Cc1cc2c(=O)n(NS(C)(=O)=O)c(=O)[nH]c2cc1C(F)(F)F. The average molecular weight is 377 g/mol. The summed E-state index contributed by atoms with van der Waals surface area (Å²) in [6.45, 7) is 1.73. The van der Waals surface area contributed by atoms with Crippen LogP contribution in [0.15, 0.2) is 27.8 Å². The van der Waals surface area contributed by atoms with Crippen LogP contribution in [0.1, 0.15) is 24.5 Å². The second-order valence-corrected chi connectivity index (χ2v) is 6.95. The topological polar surface area (TPSA) is 101 Å². The van der Waals surface area contributed by atoms with Crippen molar-refractivity contribution >= 4 is 27.0 Å². The third kappa shape index (κ3) is 4.10. The molecule has 11 heteroatoms. The molecule has 0 aliphatic heterocycles. The Labute approximate surface area is 139 Å². The molecule has 1 aromatic carbocycles. The first kappa shape index (κ1) is 18.8. The molecule has 2 rings (SSSR count). The second-order valence-electron chi connectivity index (χ2n) is 5.23. The number of aromatic nitrogens is 2. The van der Waals surface area contributed by atoms with Gasteiger partial charge in [-0.1, -0.05) is 19.1 Å². The lowest BCUT2D eigenvalue weighted by Crippen LogP contribution is -2.43. The van der Waals surface area contributed by atoms with E-state index in [4.69, 9.17) is 0 Å². The third-order valence-corrected chi connectivity index (χ3v) is 3.68. The van der Waals surface area contributed by atoms with Crippen LogP contribution in [-0.2, 0) is 16.2 Å². The van der Waals surface area contributed by atoms with E-state index >= 15 is 0 Å². The van der Waals surface area contributed by atoms with Gasteiger partial charge in [0.25, 0.3) is 5.56 Å². The van der Waals surface area contributed by atoms with Crippen molar-refractivity contribution < 1.29 is 21.6 Å². The number of fused-ring (bicyclic) bond motifs is 1. The van der Waals surface area contributed by atoms with Crippen molar-refractivity contribution in [1.29, 1.82) is 0 Å². The van der Waals surface area contributed by atoms with Crippen molar-refractivity contribution in [2.24, 2.45) is 0 Å². The molecule has 0 saturated carbocycles. The highest BCUT2D eigenvalue weighted by Gasteiger charge is 2.33. The number of nitrogens with one attached hydrogen (secondary N) is 2. The molecule has 0 atom stereocenters. The van der Waals surface area contributed by atoms with Gasteiger partial charge in [-0.15, -0.1) is 0 Å². The Hall–Kier alpha value is -2.56. The number of sulfonamides is 1. The zero-order chi connectivity index (χ0) is 19.0. The van der Waals surface area contributed by atoms with Crippen LogP contribution in [0.2, 0.25) is 0 Å². The fourth-order valence-corrected chi connectivity index (χ4v) is 2.65. The van der Waals surface area contributed by atoms with Gasteiger partial charge in [-0.05, 0) is 24.1 Å². The van der Waals surface area contributed by atoms with Gasteiger partial charge >= 0.3 is 11.9 Å². The summed E-state index contributed by atoms with van der Waals surface area (Å²) in [5.41, 5.74) is -3.91. The molecule has 0 fully saturated rings. The number of allylic oxidation sites excluding steroid dienone is 1. The first-order valence-electron chi connectivity index (χ1n) is 6.98. The van der Waals surface area contributed by atoms with Gasteiger partial charge in [0.15, 0.2) is 0 Å². The summed E-state index contributed by atoms with van der Waals surface area (Å²) >= 11 is 0. The lowest BCUT2D eigenvalue weighted by molar-refractivity contribution is -0.137. The molecule has 0 bridgehead atoms.